The van der Waals surface area contributed by atoms with Gasteiger partial charge in [-0.1, -0.05) is 0 Å². The van der Waals surface area contributed by atoms with Crippen LogP contribution >= 0.6 is 11.3 Å². The Bertz CT molecular complexity index is 626. The van der Waals surface area contributed by atoms with Crippen molar-refractivity contribution >= 4 is 28.2 Å². The molecule has 0 unspecified atom stereocenters. The van der Waals surface area contributed by atoms with E-state index in [-0.39, 0.29) is 12.3 Å². The monoisotopic (exact) mass is 265 g/mol. The Kier molecular flexibility index (Phi) is 2.37. The average molecular weight is 265 g/mol. The highest BCUT2D eigenvalue weighted by Crippen LogP contribution is 2.38. The lowest BCUT2D eigenvalue weighted by Gasteiger charge is -2.14. The SMILES string of the molecule is O=C(O)CC1(NC(=O)c2cnc3sccn23)CC1. The molecular formula is C11H11N3O3S. The summed E-state index contributed by atoms with van der Waals surface area (Å²) in [5, 5.41) is 13.5. The number of aromatic nitrogens is 2. The first-order valence-corrected chi connectivity index (χ1v) is 6.42. The molecule has 0 saturated heterocycles. The number of aliphatic carboxylic acids is 1. The van der Waals surface area contributed by atoms with Crippen LogP contribution in [0.2, 0.25) is 0 Å². The van der Waals surface area contributed by atoms with Gasteiger partial charge in [0.05, 0.1) is 18.2 Å². The summed E-state index contributed by atoms with van der Waals surface area (Å²) < 4.78 is 1.71. The molecule has 2 heterocycles. The fourth-order valence-corrected chi connectivity index (χ4v) is 2.68. The molecule has 2 aromatic rings. The molecule has 0 atom stereocenters. The van der Waals surface area contributed by atoms with Crippen LogP contribution in [0.25, 0.3) is 4.96 Å². The second kappa shape index (κ2) is 3.81. The van der Waals surface area contributed by atoms with Crippen molar-refractivity contribution in [2.75, 3.05) is 0 Å². The molecule has 1 amide bonds. The van der Waals surface area contributed by atoms with Gasteiger partial charge < -0.3 is 10.4 Å². The number of hydrogen-bond acceptors (Lipinski definition) is 4. The van der Waals surface area contributed by atoms with Crippen LogP contribution in [0.3, 0.4) is 0 Å². The Hall–Kier alpha value is -1.89. The van der Waals surface area contributed by atoms with Gasteiger partial charge in [0.15, 0.2) is 4.96 Å². The number of thiazole rings is 1. The summed E-state index contributed by atoms with van der Waals surface area (Å²) in [4.78, 5) is 27.7. The van der Waals surface area contributed by atoms with E-state index in [1.807, 2.05) is 5.38 Å². The van der Waals surface area contributed by atoms with Gasteiger partial charge in [0.25, 0.3) is 5.91 Å². The lowest BCUT2D eigenvalue weighted by Crippen LogP contribution is -2.38. The number of fused-ring (bicyclic) bond motifs is 1. The fraction of sp³-hybridized carbons (Fsp3) is 0.364. The Morgan fingerprint density at radius 2 is 2.33 bits per heavy atom. The number of carboxylic acid groups (broad SMARTS) is 1. The summed E-state index contributed by atoms with van der Waals surface area (Å²) in [6.45, 7) is 0. The topological polar surface area (TPSA) is 83.7 Å². The summed E-state index contributed by atoms with van der Waals surface area (Å²) in [5.41, 5.74) is -0.105. The molecule has 3 rings (SSSR count). The van der Waals surface area contributed by atoms with Gasteiger partial charge in [-0.15, -0.1) is 11.3 Å². The number of nitrogens with one attached hydrogen (secondary N) is 1. The van der Waals surface area contributed by atoms with Crippen molar-refractivity contribution in [3.05, 3.63) is 23.5 Å². The third kappa shape index (κ3) is 1.86. The second-order valence-electron chi connectivity index (χ2n) is 4.50. The highest BCUT2D eigenvalue weighted by atomic mass is 32.1. The van der Waals surface area contributed by atoms with Gasteiger partial charge in [-0.3, -0.25) is 14.0 Å². The van der Waals surface area contributed by atoms with E-state index in [4.69, 9.17) is 5.11 Å². The number of amides is 1. The largest absolute Gasteiger partial charge is 0.481 e. The van der Waals surface area contributed by atoms with Crippen LogP contribution in [-0.4, -0.2) is 31.9 Å². The van der Waals surface area contributed by atoms with Gasteiger partial charge in [-0.25, -0.2) is 4.98 Å². The van der Waals surface area contributed by atoms with Gasteiger partial charge in [0.2, 0.25) is 0 Å². The molecule has 2 aromatic heterocycles. The van der Waals surface area contributed by atoms with E-state index in [0.29, 0.717) is 5.69 Å². The van der Waals surface area contributed by atoms with E-state index in [1.54, 1.807) is 10.6 Å². The number of carbonyl (C=O) groups is 2. The van der Waals surface area contributed by atoms with Crippen molar-refractivity contribution in [1.29, 1.82) is 0 Å². The highest BCUT2D eigenvalue weighted by molar-refractivity contribution is 7.15. The van der Waals surface area contributed by atoms with Crippen LogP contribution in [0.1, 0.15) is 29.8 Å². The van der Waals surface area contributed by atoms with E-state index >= 15 is 0 Å². The summed E-state index contributed by atoms with van der Waals surface area (Å²) in [5.74, 6) is -1.15. The van der Waals surface area contributed by atoms with E-state index < -0.39 is 11.5 Å². The molecule has 1 saturated carbocycles. The Labute approximate surface area is 106 Å². The predicted octanol–water partition coefficient (Wildman–Crippen LogP) is 1.13. The van der Waals surface area contributed by atoms with Gasteiger partial charge in [-0.05, 0) is 12.8 Å². The third-order valence-corrected chi connectivity index (χ3v) is 3.87. The van der Waals surface area contributed by atoms with Crippen molar-refractivity contribution in [2.45, 2.75) is 24.8 Å². The molecule has 1 fully saturated rings. The Morgan fingerprint density at radius 1 is 1.56 bits per heavy atom. The summed E-state index contributed by atoms with van der Waals surface area (Å²) in [6.07, 6.45) is 4.70. The molecule has 1 aliphatic rings. The van der Waals surface area contributed by atoms with Gasteiger partial charge >= 0.3 is 5.97 Å². The van der Waals surface area contributed by atoms with Gasteiger partial charge in [-0.2, -0.15) is 0 Å². The standard InChI is InChI=1S/C11H11N3O3S/c15-8(16)5-11(1-2-11)13-9(17)7-6-12-10-14(7)3-4-18-10/h3-4,6H,1-2,5H2,(H,13,17)(H,15,16). The first kappa shape index (κ1) is 11.2. The molecule has 18 heavy (non-hydrogen) atoms. The van der Waals surface area contributed by atoms with Gasteiger partial charge in [0, 0.05) is 11.6 Å². The molecule has 0 spiro atoms. The van der Waals surface area contributed by atoms with Crippen molar-refractivity contribution in [3.63, 3.8) is 0 Å². The van der Waals surface area contributed by atoms with Crippen molar-refractivity contribution in [2.24, 2.45) is 0 Å². The average Bonchev–Trinajstić information content (AvgIpc) is 2.76. The number of nitrogens with zero attached hydrogens (tertiary/aromatic N) is 2. The molecule has 94 valence electrons. The van der Waals surface area contributed by atoms with Crippen molar-refractivity contribution in [1.82, 2.24) is 14.7 Å². The van der Waals surface area contributed by atoms with Crippen LogP contribution in [-0.2, 0) is 4.79 Å². The Balaban J connectivity index is 1.80. The second-order valence-corrected chi connectivity index (χ2v) is 5.38. The van der Waals surface area contributed by atoms with Crippen LogP contribution in [0.15, 0.2) is 17.8 Å². The number of imidazole rings is 1. The molecule has 0 aliphatic heterocycles. The smallest absolute Gasteiger partial charge is 0.305 e. The molecule has 2 N–H and O–H groups in total. The quantitative estimate of drug-likeness (QED) is 0.868. The normalized spacial score (nSPS) is 16.7. The molecule has 1 aliphatic carbocycles. The fourth-order valence-electron chi connectivity index (χ4n) is 1.99. The first-order valence-electron chi connectivity index (χ1n) is 5.55. The minimum Gasteiger partial charge on any atom is -0.481 e. The van der Waals surface area contributed by atoms with Crippen LogP contribution in [0, 0.1) is 0 Å². The lowest BCUT2D eigenvalue weighted by atomic mass is 10.2. The van der Waals surface area contributed by atoms with Crippen LogP contribution in [0.5, 0.6) is 0 Å². The number of carbonyl (C=O) groups excluding carboxylic acids is 1. The molecule has 0 bridgehead atoms. The molecular weight excluding hydrogens is 254 g/mol. The molecule has 0 radical (unpaired) electrons. The predicted molar refractivity (Wildman–Crippen MR) is 64.8 cm³/mol. The van der Waals surface area contributed by atoms with Crippen molar-refractivity contribution in [3.8, 4) is 0 Å². The Morgan fingerprint density at radius 3 is 3.00 bits per heavy atom. The van der Waals surface area contributed by atoms with Crippen molar-refractivity contribution < 1.29 is 14.7 Å². The first-order chi connectivity index (χ1) is 8.60. The summed E-state index contributed by atoms with van der Waals surface area (Å²) in [6, 6.07) is 0. The van der Waals surface area contributed by atoms with E-state index in [2.05, 4.69) is 10.3 Å². The molecule has 7 heteroatoms. The van der Waals surface area contributed by atoms with E-state index in [9.17, 15) is 9.59 Å². The zero-order chi connectivity index (χ0) is 12.8. The van der Waals surface area contributed by atoms with Gasteiger partial charge in [0.1, 0.15) is 5.69 Å². The minimum atomic E-state index is -0.887. The maximum atomic E-state index is 12.1. The number of hydrogen-bond donors (Lipinski definition) is 2. The van der Waals surface area contributed by atoms with Crippen LogP contribution < -0.4 is 5.32 Å². The summed E-state index contributed by atoms with van der Waals surface area (Å²) in [7, 11) is 0. The third-order valence-electron chi connectivity index (χ3n) is 3.10. The van der Waals surface area contributed by atoms with Crippen LogP contribution in [0.4, 0.5) is 0 Å². The molecule has 0 aromatic carbocycles. The minimum absolute atomic E-state index is 0.0235. The van der Waals surface area contributed by atoms with E-state index in [1.165, 1.54) is 17.5 Å². The molecule has 6 nitrogen and oxygen atoms in total. The zero-order valence-corrected chi connectivity index (χ0v) is 10.2. The highest BCUT2D eigenvalue weighted by Gasteiger charge is 2.46. The summed E-state index contributed by atoms with van der Waals surface area (Å²) >= 11 is 1.45. The zero-order valence-electron chi connectivity index (χ0n) is 9.42. The maximum absolute atomic E-state index is 12.1. The maximum Gasteiger partial charge on any atom is 0.305 e. The van der Waals surface area contributed by atoms with E-state index in [0.717, 1.165) is 17.8 Å². The number of carboxylic acids is 1. The lowest BCUT2D eigenvalue weighted by molar-refractivity contribution is -0.137. The number of rotatable bonds is 4.